The summed E-state index contributed by atoms with van der Waals surface area (Å²) in [6.45, 7) is 1.39. The molecule has 122 valence electrons. The van der Waals surface area contributed by atoms with Crippen LogP contribution in [-0.4, -0.2) is 54.7 Å². The standard InChI is InChI=1S/C16H17N7O/c24-16(13-11-19-23-8-2-6-17-15(13)23)22-9-4-12(5-10-22)20-14-3-1-7-18-21-14/h1-3,6-8,11-12H,4-5,9-10H2,(H,20,21). The first kappa shape index (κ1) is 14.6. The van der Waals surface area contributed by atoms with Gasteiger partial charge in [0, 0.05) is 37.7 Å². The van der Waals surface area contributed by atoms with Gasteiger partial charge in [0.1, 0.15) is 11.4 Å². The minimum absolute atomic E-state index is 0.0124. The molecular weight excluding hydrogens is 306 g/mol. The summed E-state index contributed by atoms with van der Waals surface area (Å²) < 4.78 is 1.62. The molecule has 1 aliphatic rings. The van der Waals surface area contributed by atoms with Gasteiger partial charge in [-0.05, 0) is 31.0 Å². The van der Waals surface area contributed by atoms with Crippen LogP contribution >= 0.6 is 0 Å². The van der Waals surface area contributed by atoms with Crippen LogP contribution in [0.1, 0.15) is 23.2 Å². The topological polar surface area (TPSA) is 88.3 Å². The Morgan fingerprint density at radius 3 is 2.88 bits per heavy atom. The van der Waals surface area contributed by atoms with Crippen molar-refractivity contribution in [1.82, 2.24) is 29.7 Å². The third kappa shape index (κ3) is 2.78. The number of hydrogen-bond acceptors (Lipinski definition) is 6. The van der Waals surface area contributed by atoms with Gasteiger partial charge in [0.05, 0.1) is 6.20 Å². The SMILES string of the molecule is O=C(c1cnn2cccnc12)N1CCC(Nc2cccnn2)CC1. The molecule has 4 rings (SSSR count). The van der Waals surface area contributed by atoms with Gasteiger partial charge >= 0.3 is 0 Å². The summed E-state index contributed by atoms with van der Waals surface area (Å²) in [6.07, 6.45) is 8.44. The summed E-state index contributed by atoms with van der Waals surface area (Å²) in [7, 11) is 0. The van der Waals surface area contributed by atoms with Crippen molar-refractivity contribution in [2.75, 3.05) is 18.4 Å². The second-order valence-corrected chi connectivity index (χ2v) is 5.77. The highest BCUT2D eigenvalue weighted by Gasteiger charge is 2.26. The van der Waals surface area contributed by atoms with Crippen LogP contribution in [0.15, 0.2) is 43.0 Å². The van der Waals surface area contributed by atoms with Crippen LogP contribution in [0.25, 0.3) is 5.65 Å². The number of hydrogen-bond donors (Lipinski definition) is 1. The third-order valence-corrected chi connectivity index (χ3v) is 4.22. The van der Waals surface area contributed by atoms with E-state index in [1.165, 1.54) is 0 Å². The molecule has 1 amide bonds. The van der Waals surface area contributed by atoms with Crippen LogP contribution in [0.5, 0.6) is 0 Å². The van der Waals surface area contributed by atoms with Gasteiger partial charge in [0.2, 0.25) is 0 Å². The average Bonchev–Trinajstić information content (AvgIpc) is 3.07. The van der Waals surface area contributed by atoms with E-state index in [0.717, 1.165) is 18.7 Å². The van der Waals surface area contributed by atoms with Crippen molar-refractivity contribution in [3.63, 3.8) is 0 Å². The van der Waals surface area contributed by atoms with Crippen LogP contribution < -0.4 is 5.32 Å². The molecule has 3 aromatic heterocycles. The van der Waals surface area contributed by atoms with Crippen molar-refractivity contribution in [3.05, 3.63) is 48.5 Å². The Labute approximate surface area is 138 Å². The summed E-state index contributed by atoms with van der Waals surface area (Å²) >= 11 is 0. The van der Waals surface area contributed by atoms with E-state index < -0.39 is 0 Å². The van der Waals surface area contributed by atoms with Gasteiger partial charge in [0.15, 0.2) is 5.65 Å². The molecule has 0 aromatic carbocycles. The molecule has 24 heavy (non-hydrogen) atoms. The lowest BCUT2D eigenvalue weighted by Crippen LogP contribution is -2.42. The smallest absolute Gasteiger partial charge is 0.259 e. The highest BCUT2D eigenvalue weighted by Crippen LogP contribution is 2.18. The fraction of sp³-hybridized carbons (Fsp3) is 0.312. The predicted molar refractivity (Wildman–Crippen MR) is 87.6 cm³/mol. The van der Waals surface area contributed by atoms with E-state index in [9.17, 15) is 4.79 Å². The number of carbonyl (C=O) groups is 1. The summed E-state index contributed by atoms with van der Waals surface area (Å²) in [5.74, 6) is 0.760. The fourth-order valence-electron chi connectivity index (χ4n) is 2.96. The van der Waals surface area contributed by atoms with Gasteiger partial charge < -0.3 is 10.2 Å². The minimum atomic E-state index is -0.0124. The number of carbonyl (C=O) groups excluding carboxylic acids is 1. The van der Waals surface area contributed by atoms with Gasteiger partial charge in [0.25, 0.3) is 5.91 Å². The van der Waals surface area contributed by atoms with Crippen LogP contribution in [-0.2, 0) is 0 Å². The van der Waals surface area contributed by atoms with Crippen LogP contribution in [0.3, 0.4) is 0 Å². The molecule has 8 nitrogen and oxygen atoms in total. The Balaban J connectivity index is 1.41. The van der Waals surface area contributed by atoms with E-state index in [0.29, 0.717) is 30.3 Å². The molecule has 0 bridgehead atoms. The molecule has 8 heteroatoms. The van der Waals surface area contributed by atoms with Crippen molar-refractivity contribution < 1.29 is 4.79 Å². The molecule has 4 heterocycles. The van der Waals surface area contributed by atoms with Crippen molar-refractivity contribution in [2.45, 2.75) is 18.9 Å². The maximum Gasteiger partial charge on any atom is 0.259 e. The number of anilines is 1. The number of likely N-dealkylation sites (tertiary alicyclic amines) is 1. The highest BCUT2D eigenvalue weighted by atomic mass is 16.2. The van der Waals surface area contributed by atoms with E-state index in [1.54, 1.807) is 35.4 Å². The first-order chi connectivity index (χ1) is 11.8. The molecule has 3 aromatic rings. The Morgan fingerprint density at radius 2 is 2.08 bits per heavy atom. The first-order valence-electron chi connectivity index (χ1n) is 7.93. The molecule has 1 N–H and O–H groups in total. The zero-order valence-electron chi connectivity index (χ0n) is 13.0. The zero-order valence-corrected chi connectivity index (χ0v) is 13.0. The first-order valence-corrected chi connectivity index (χ1v) is 7.93. The van der Waals surface area contributed by atoms with Gasteiger partial charge in [-0.15, -0.1) is 5.10 Å². The number of fused-ring (bicyclic) bond motifs is 1. The van der Waals surface area contributed by atoms with E-state index in [-0.39, 0.29) is 5.91 Å². The molecular formula is C16H17N7O. The van der Waals surface area contributed by atoms with Crippen molar-refractivity contribution >= 4 is 17.4 Å². The molecule has 0 spiro atoms. The number of piperidine rings is 1. The summed E-state index contributed by atoms with van der Waals surface area (Å²) in [5, 5.41) is 15.5. The lowest BCUT2D eigenvalue weighted by molar-refractivity contribution is 0.0720. The molecule has 0 radical (unpaired) electrons. The van der Waals surface area contributed by atoms with Gasteiger partial charge in [-0.25, -0.2) is 9.50 Å². The molecule has 1 aliphatic heterocycles. The van der Waals surface area contributed by atoms with Crippen LogP contribution in [0.2, 0.25) is 0 Å². The van der Waals surface area contributed by atoms with Gasteiger partial charge in [-0.2, -0.15) is 10.2 Å². The van der Waals surface area contributed by atoms with Crippen molar-refractivity contribution in [2.24, 2.45) is 0 Å². The lowest BCUT2D eigenvalue weighted by atomic mass is 10.0. The van der Waals surface area contributed by atoms with Gasteiger partial charge in [-0.3, -0.25) is 4.79 Å². The maximum atomic E-state index is 12.7. The predicted octanol–water partition coefficient (Wildman–Crippen LogP) is 1.24. The third-order valence-electron chi connectivity index (χ3n) is 4.22. The second kappa shape index (κ2) is 6.23. The Kier molecular flexibility index (Phi) is 3.78. The van der Waals surface area contributed by atoms with Crippen molar-refractivity contribution in [3.8, 4) is 0 Å². The lowest BCUT2D eigenvalue weighted by Gasteiger charge is -2.32. The molecule has 0 aliphatic carbocycles. The Bertz CT molecular complexity index is 840. The van der Waals surface area contributed by atoms with Crippen LogP contribution in [0, 0.1) is 0 Å². The van der Waals surface area contributed by atoms with E-state index in [2.05, 4.69) is 25.6 Å². The number of rotatable bonds is 3. The summed E-state index contributed by atoms with van der Waals surface area (Å²) in [5.41, 5.74) is 1.15. The molecule has 0 unspecified atom stereocenters. The molecule has 1 saturated heterocycles. The average molecular weight is 323 g/mol. The monoisotopic (exact) mass is 323 g/mol. The number of nitrogens with zero attached hydrogens (tertiary/aromatic N) is 6. The van der Waals surface area contributed by atoms with Crippen molar-refractivity contribution in [1.29, 1.82) is 0 Å². The quantitative estimate of drug-likeness (QED) is 0.780. The maximum absolute atomic E-state index is 12.7. The molecule has 1 fully saturated rings. The van der Waals surface area contributed by atoms with Crippen LogP contribution in [0.4, 0.5) is 5.82 Å². The number of amides is 1. The van der Waals surface area contributed by atoms with Gasteiger partial charge in [-0.1, -0.05) is 0 Å². The Hall–Kier alpha value is -3.03. The van der Waals surface area contributed by atoms with E-state index in [1.807, 2.05) is 17.0 Å². The highest BCUT2D eigenvalue weighted by molar-refractivity contribution is 5.99. The minimum Gasteiger partial charge on any atom is -0.366 e. The Morgan fingerprint density at radius 1 is 1.21 bits per heavy atom. The second-order valence-electron chi connectivity index (χ2n) is 5.77. The summed E-state index contributed by atoms with van der Waals surface area (Å²) in [6, 6.07) is 5.84. The van der Waals surface area contributed by atoms with E-state index in [4.69, 9.17) is 0 Å². The number of nitrogens with one attached hydrogen (secondary N) is 1. The van der Waals surface area contributed by atoms with E-state index >= 15 is 0 Å². The number of aromatic nitrogens is 5. The normalized spacial score (nSPS) is 15.6. The largest absolute Gasteiger partial charge is 0.366 e. The summed E-state index contributed by atoms with van der Waals surface area (Å²) in [4.78, 5) is 18.8. The molecule has 0 saturated carbocycles. The fourth-order valence-corrected chi connectivity index (χ4v) is 2.96. The molecule has 0 atom stereocenters. The zero-order chi connectivity index (χ0) is 16.4.